The summed E-state index contributed by atoms with van der Waals surface area (Å²) in [5.74, 6) is -2.55. The van der Waals surface area contributed by atoms with E-state index in [0.717, 1.165) is 0 Å². The van der Waals surface area contributed by atoms with Crippen LogP contribution in [0.3, 0.4) is 0 Å². The highest BCUT2D eigenvalue weighted by atomic mass is 79.9. The van der Waals surface area contributed by atoms with Crippen molar-refractivity contribution in [2.45, 2.75) is 35.4 Å². The van der Waals surface area contributed by atoms with Gasteiger partial charge in [-0.25, -0.2) is 0 Å². The first-order valence-electron chi connectivity index (χ1n) is 13.7. The van der Waals surface area contributed by atoms with Crippen LogP contribution in [-0.2, 0) is 19.1 Å². The number of hydrogen-bond acceptors (Lipinski definition) is 5. The highest BCUT2D eigenvalue weighted by Crippen LogP contribution is 2.60. The Morgan fingerprint density at radius 1 is 1.05 bits per heavy atom. The Balaban J connectivity index is 1.57. The van der Waals surface area contributed by atoms with E-state index in [9.17, 15) is 19.5 Å². The molecule has 3 saturated heterocycles. The van der Waals surface area contributed by atoms with Crippen molar-refractivity contribution in [1.29, 1.82) is 0 Å². The molecule has 2 bridgehead atoms. The van der Waals surface area contributed by atoms with Crippen LogP contribution in [0.15, 0.2) is 79.9 Å². The van der Waals surface area contributed by atoms with E-state index in [4.69, 9.17) is 16.3 Å². The molecule has 2 aromatic carbocycles. The summed E-state index contributed by atoms with van der Waals surface area (Å²) < 4.78 is 6.65. The van der Waals surface area contributed by atoms with Crippen molar-refractivity contribution in [3.63, 3.8) is 0 Å². The predicted molar refractivity (Wildman–Crippen MR) is 162 cm³/mol. The predicted octanol–water partition coefficient (Wildman–Crippen LogP) is 4.21. The highest BCUT2D eigenvalue weighted by molar-refractivity contribution is 9.09. The number of rotatable bonds is 11. The van der Waals surface area contributed by atoms with E-state index in [1.807, 2.05) is 30.3 Å². The standard InChI is InChI=1S/C31H33BrClN3O5/c1-3-15-34(21-9-6-5-7-10-21)28(38)24-25-29(39)36(17-8-18-37)27(31(25)19-23(32)26(24)41-31)30(40)35(16-4-2)22-13-11-20(33)12-14-22/h3-7,9-14,23-27,37H,1-2,8,15-19H2/t23?,24-,25+,26-,27?,31?/m1/s1. The first kappa shape index (κ1) is 29.5. The lowest BCUT2D eigenvalue weighted by atomic mass is 9.70. The smallest absolute Gasteiger partial charge is 0.253 e. The normalized spacial score (nSPS) is 27.9. The van der Waals surface area contributed by atoms with Crippen LogP contribution in [0.2, 0.25) is 5.02 Å². The Morgan fingerprint density at radius 3 is 2.27 bits per heavy atom. The lowest BCUT2D eigenvalue weighted by Gasteiger charge is -2.37. The maximum absolute atomic E-state index is 14.5. The SMILES string of the molecule is C=CCN(C(=O)C1N(CCCO)C(=O)[C@@H]2[C@@H](C(=O)N(CC=C)c3ccccc3)[C@@H]3OC12CC3Br)c1ccc(Cl)cc1. The number of carbonyl (C=O) groups excluding carboxylic acids is 3. The molecule has 10 heteroatoms. The lowest BCUT2D eigenvalue weighted by molar-refractivity contribution is -0.140. The van der Waals surface area contributed by atoms with Gasteiger partial charge in [-0.1, -0.05) is 57.9 Å². The number of ether oxygens (including phenoxy) is 1. The molecule has 1 spiro atoms. The second kappa shape index (κ2) is 12.1. The number of carbonyl (C=O) groups is 3. The minimum Gasteiger partial charge on any atom is -0.396 e. The first-order chi connectivity index (χ1) is 19.8. The molecule has 3 amide bonds. The van der Waals surface area contributed by atoms with Crippen LogP contribution in [-0.4, -0.2) is 76.5 Å². The van der Waals surface area contributed by atoms with Crippen LogP contribution in [0, 0.1) is 11.8 Å². The minimum absolute atomic E-state index is 0.149. The molecule has 0 aromatic heterocycles. The third-order valence-electron chi connectivity index (χ3n) is 8.23. The number of benzene rings is 2. The Kier molecular flexibility index (Phi) is 8.70. The summed E-state index contributed by atoms with van der Waals surface area (Å²) in [4.78, 5) is 47.5. The van der Waals surface area contributed by atoms with E-state index in [1.165, 1.54) is 4.90 Å². The van der Waals surface area contributed by atoms with E-state index in [1.54, 1.807) is 46.2 Å². The van der Waals surface area contributed by atoms with Crippen molar-refractivity contribution in [3.05, 3.63) is 84.9 Å². The quantitative estimate of drug-likeness (QED) is 0.293. The number of para-hydroxylation sites is 1. The first-order valence-corrected chi connectivity index (χ1v) is 15.0. The van der Waals surface area contributed by atoms with E-state index in [-0.39, 0.29) is 55.2 Å². The van der Waals surface area contributed by atoms with E-state index in [2.05, 4.69) is 29.1 Å². The molecule has 2 aromatic rings. The van der Waals surface area contributed by atoms with Gasteiger partial charge in [0.2, 0.25) is 11.8 Å². The largest absolute Gasteiger partial charge is 0.396 e. The van der Waals surface area contributed by atoms with Gasteiger partial charge in [-0.2, -0.15) is 0 Å². The van der Waals surface area contributed by atoms with Gasteiger partial charge in [0, 0.05) is 47.5 Å². The van der Waals surface area contributed by atoms with Crippen LogP contribution in [0.5, 0.6) is 0 Å². The van der Waals surface area contributed by atoms with Crippen LogP contribution < -0.4 is 9.80 Å². The summed E-state index contributed by atoms with van der Waals surface area (Å²) in [7, 11) is 0. The van der Waals surface area contributed by atoms with Gasteiger partial charge in [-0.15, -0.1) is 13.2 Å². The molecule has 3 fully saturated rings. The number of aliphatic hydroxyl groups excluding tert-OH is 1. The van der Waals surface area contributed by atoms with Gasteiger partial charge < -0.3 is 24.5 Å². The topological polar surface area (TPSA) is 90.4 Å². The number of alkyl halides is 1. The number of anilines is 2. The molecule has 41 heavy (non-hydrogen) atoms. The summed E-state index contributed by atoms with van der Waals surface area (Å²) in [6, 6.07) is 15.1. The van der Waals surface area contributed by atoms with Gasteiger partial charge in [-0.3, -0.25) is 14.4 Å². The fourth-order valence-electron chi connectivity index (χ4n) is 6.63. The third-order valence-corrected chi connectivity index (χ3v) is 9.32. The second-order valence-electron chi connectivity index (χ2n) is 10.6. The number of nitrogens with zero attached hydrogens (tertiary/aromatic N) is 3. The molecule has 8 nitrogen and oxygen atoms in total. The summed E-state index contributed by atoms with van der Waals surface area (Å²) >= 11 is 9.84. The van der Waals surface area contributed by atoms with Crippen LogP contribution in [0.4, 0.5) is 11.4 Å². The number of amides is 3. The summed E-state index contributed by atoms with van der Waals surface area (Å²) in [6.07, 6.45) is 3.35. The molecule has 0 aliphatic carbocycles. The summed E-state index contributed by atoms with van der Waals surface area (Å²) in [5, 5.41) is 10.2. The Labute approximate surface area is 253 Å². The third kappa shape index (κ3) is 5.03. The van der Waals surface area contributed by atoms with Gasteiger partial charge in [0.1, 0.15) is 11.6 Å². The summed E-state index contributed by atoms with van der Waals surface area (Å²) in [5.41, 5.74) is 0.0755. The van der Waals surface area contributed by atoms with E-state index < -0.39 is 29.6 Å². The molecule has 0 radical (unpaired) electrons. The molecule has 3 aliphatic heterocycles. The van der Waals surface area contributed by atoms with Crippen molar-refractivity contribution in [2.75, 3.05) is 36.0 Å². The highest BCUT2D eigenvalue weighted by Gasteiger charge is 2.76. The van der Waals surface area contributed by atoms with E-state index in [0.29, 0.717) is 22.8 Å². The van der Waals surface area contributed by atoms with Crippen molar-refractivity contribution in [3.8, 4) is 0 Å². The van der Waals surface area contributed by atoms with Crippen molar-refractivity contribution >= 4 is 56.6 Å². The average molecular weight is 643 g/mol. The number of aliphatic hydroxyl groups is 1. The molecule has 3 aliphatic rings. The number of fused-ring (bicyclic) bond motifs is 1. The molecular weight excluding hydrogens is 610 g/mol. The number of likely N-dealkylation sites (tertiary alicyclic amines) is 1. The van der Waals surface area contributed by atoms with Gasteiger partial charge >= 0.3 is 0 Å². The lowest BCUT2D eigenvalue weighted by Crippen LogP contribution is -2.57. The van der Waals surface area contributed by atoms with Gasteiger partial charge in [-0.05, 0) is 49.2 Å². The number of halogens is 2. The van der Waals surface area contributed by atoms with Crippen LogP contribution in [0.25, 0.3) is 0 Å². The van der Waals surface area contributed by atoms with Gasteiger partial charge in [0.25, 0.3) is 5.91 Å². The van der Waals surface area contributed by atoms with E-state index >= 15 is 0 Å². The maximum Gasteiger partial charge on any atom is 0.253 e. The molecular formula is C31H33BrClN3O5. The molecule has 6 atom stereocenters. The van der Waals surface area contributed by atoms with Gasteiger partial charge in [0.05, 0.1) is 17.9 Å². The van der Waals surface area contributed by atoms with Crippen molar-refractivity contribution < 1.29 is 24.2 Å². The number of hydrogen-bond donors (Lipinski definition) is 1. The van der Waals surface area contributed by atoms with Crippen LogP contribution in [0.1, 0.15) is 12.8 Å². The van der Waals surface area contributed by atoms with Crippen molar-refractivity contribution in [1.82, 2.24) is 4.90 Å². The Hall–Kier alpha value is -2.98. The zero-order chi connectivity index (χ0) is 29.3. The molecule has 216 valence electrons. The zero-order valence-corrected chi connectivity index (χ0v) is 24.9. The minimum atomic E-state index is -1.22. The molecule has 5 rings (SSSR count). The molecule has 3 heterocycles. The Morgan fingerprint density at radius 2 is 1.66 bits per heavy atom. The fraction of sp³-hybridized carbons (Fsp3) is 0.387. The van der Waals surface area contributed by atoms with Crippen molar-refractivity contribution in [2.24, 2.45) is 11.8 Å². The van der Waals surface area contributed by atoms with Crippen LogP contribution >= 0.6 is 27.5 Å². The average Bonchev–Trinajstić information content (AvgIpc) is 3.57. The Bertz CT molecular complexity index is 1320. The fourth-order valence-corrected chi connectivity index (χ4v) is 7.70. The molecule has 0 saturated carbocycles. The summed E-state index contributed by atoms with van der Waals surface area (Å²) in [6.45, 7) is 8.12. The van der Waals surface area contributed by atoms with Gasteiger partial charge in [0.15, 0.2) is 0 Å². The molecule has 1 N–H and O–H groups in total. The maximum atomic E-state index is 14.5. The zero-order valence-electron chi connectivity index (χ0n) is 22.6. The monoisotopic (exact) mass is 641 g/mol. The second-order valence-corrected chi connectivity index (χ2v) is 12.2. The molecule has 3 unspecified atom stereocenters.